The van der Waals surface area contributed by atoms with Crippen molar-refractivity contribution < 1.29 is 14.8 Å². The summed E-state index contributed by atoms with van der Waals surface area (Å²) in [5, 5.41) is 36.9. The van der Waals surface area contributed by atoms with Crippen LogP contribution in [0.5, 0.6) is 0 Å². The van der Waals surface area contributed by atoms with E-state index < -0.39 is 37.5 Å². The molecule has 0 aromatic heterocycles. The molecule has 0 atom stereocenters. The first-order valence-electron chi connectivity index (χ1n) is 9.15. The lowest BCUT2D eigenvalue weighted by atomic mass is 9.80. The first kappa shape index (κ1) is 22.7. The minimum absolute atomic E-state index is 0.245. The van der Waals surface area contributed by atoms with Crippen molar-refractivity contribution in [3.8, 4) is 0 Å². The van der Waals surface area contributed by atoms with Crippen molar-refractivity contribution >= 4 is 28.4 Å². The van der Waals surface area contributed by atoms with Crippen molar-refractivity contribution in [2.45, 2.75) is 52.4 Å². The number of non-ortho nitro benzene ring substituents is 1. The second kappa shape index (κ2) is 7.69. The summed E-state index contributed by atoms with van der Waals surface area (Å²) in [6, 6.07) is 7.00. The summed E-state index contributed by atoms with van der Waals surface area (Å²) in [5.41, 5.74) is -0.805. The second-order valence-electron chi connectivity index (χ2n) is 9.05. The van der Waals surface area contributed by atoms with E-state index in [-0.39, 0.29) is 10.8 Å². The van der Waals surface area contributed by atoms with Gasteiger partial charge in [-0.15, -0.1) is 0 Å². The van der Waals surface area contributed by atoms with E-state index in [0.29, 0.717) is 17.8 Å². The first-order valence-corrected chi connectivity index (χ1v) is 9.15. The third-order valence-corrected chi connectivity index (χ3v) is 4.62. The van der Waals surface area contributed by atoms with Crippen LogP contribution < -0.4 is 5.32 Å². The van der Waals surface area contributed by atoms with Gasteiger partial charge in [0.2, 0.25) is 0 Å². The van der Waals surface area contributed by atoms with Crippen LogP contribution in [0.1, 0.15) is 52.7 Å². The van der Waals surface area contributed by atoms with Crippen LogP contribution in [-0.4, -0.2) is 14.8 Å². The lowest BCUT2D eigenvalue weighted by Crippen LogP contribution is -2.17. The molecule has 0 aliphatic rings. The van der Waals surface area contributed by atoms with Crippen LogP contribution in [0, 0.1) is 30.3 Å². The van der Waals surface area contributed by atoms with Gasteiger partial charge in [-0.2, -0.15) is 0 Å². The third kappa shape index (κ3) is 4.88. The van der Waals surface area contributed by atoms with Crippen molar-refractivity contribution in [1.29, 1.82) is 0 Å². The van der Waals surface area contributed by atoms with E-state index in [1.54, 1.807) is 12.1 Å². The molecular formula is C20H24N4O6. The van der Waals surface area contributed by atoms with E-state index >= 15 is 0 Å². The van der Waals surface area contributed by atoms with Crippen molar-refractivity contribution in [3.63, 3.8) is 0 Å². The largest absolute Gasteiger partial charge is 0.344 e. The Labute approximate surface area is 173 Å². The third-order valence-electron chi connectivity index (χ3n) is 4.62. The highest BCUT2D eigenvalue weighted by Crippen LogP contribution is 2.41. The molecule has 0 aliphatic carbocycles. The molecule has 10 nitrogen and oxygen atoms in total. The smallest absolute Gasteiger partial charge is 0.306 e. The fourth-order valence-corrected chi connectivity index (χ4v) is 2.83. The van der Waals surface area contributed by atoms with Gasteiger partial charge in [0.15, 0.2) is 5.69 Å². The number of nitro groups is 3. The lowest BCUT2D eigenvalue weighted by Gasteiger charge is -2.26. The molecular weight excluding hydrogens is 392 g/mol. The number of nitrogens with one attached hydrogen (secondary N) is 1. The molecule has 0 saturated heterocycles. The highest BCUT2D eigenvalue weighted by molar-refractivity contribution is 5.81. The highest BCUT2D eigenvalue weighted by Gasteiger charge is 2.31. The molecule has 0 spiro atoms. The minimum atomic E-state index is -0.901. The molecule has 2 aromatic rings. The number of nitrogens with zero attached hydrogens (tertiary/aromatic N) is 3. The number of hydrogen-bond acceptors (Lipinski definition) is 7. The second-order valence-corrected chi connectivity index (χ2v) is 9.05. The van der Waals surface area contributed by atoms with Crippen LogP contribution in [0.4, 0.5) is 28.4 Å². The molecule has 2 aromatic carbocycles. The summed E-state index contributed by atoms with van der Waals surface area (Å²) in [6.45, 7) is 12.1. The van der Waals surface area contributed by atoms with E-state index in [1.807, 2.05) is 47.6 Å². The minimum Gasteiger partial charge on any atom is -0.344 e. The topological polar surface area (TPSA) is 141 Å². The molecule has 0 bridgehead atoms. The van der Waals surface area contributed by atoms with Gasteiger partial charge in [-0.25, -0.2) is 0 Å². The Morgan fingerprint density at radius 3 is 1.37 bits per heavy atom. The summed E-state index contributed by atoms with van der Waals surface area (Å²) in [4.78, 5) is 31.5. The molecule has 0 radical (unpaired) electrons. The Bertz CT molecular complexity index is 967. The Hall–Kier alpha value is -3.56. The van der Waals surface area contributed by atoms with E-state index in [0.717, 1.165) is 11.1 Å². The molecule has 2 rings (SSSR count). The standard InChI is InChI=1S/C20H24N4O6/c1-19(2,3)12-7-13(20(4,5)6)9-14(8-12)21-18-16(23(27)28)10-15(22(25)26)11-17(18)24(29)30/h7-11,21H,1-6H3. The van der Waals surface area contributed by atoms with Crippen LogP contribution >= 0.6 is 0 Å². The zero-order valence-corrected chi connectivity index (χ0v) is 17.7. The fraction of sp³-hybridized carbons (Fsp3) is 0.400. The molecule has 0 amide bonds. The summed E-state index contributed by atoms with van der Waals surface area (Å²) in [7, 11) is 0. The van der Waals surface area contributed by atoms with Gasteiger partial charge < -0.3 is 5.32 Å². The van der Waals surface area contributed by atoms with Gasteiger partial charge in [-0.3, -0.25) is 30.3 Å². The van der Waals surface area contributed by atoms with Gasteiger partial charge in [-0.1, -0.05) is 47.6 Å². The maximum absolute atomic E-state index is 11.5. The first-order chi connectivity index (χ1) is 13.6. The van der Waals surface area contributed by atoms with Gasteiger partial charge in [0.05, 0.1) is 26.9 Å². The van der Waals surface area contributed by atoms with Crippen molar-refractivity contribution in [3.05, 3.63) is 71.8 Å². The van der Waals surface area contributed by atoms with Crippen LogP contribution in [0.15, 0.2) is 30.3 Å². The lowest BCUT2D eigenvalue weighted by molar-refractivity contribution is -0.401. The van der Waals surface area contributed by atoms with Crippen molar-refractivity contribution in [1.82, 2.24) is 0 Å². The molecule has 30 heavy (non-hydrogen) atoms. The van der Waals surface area contributed by atoms with E-state index in [4.69, 9.17) is 0 Å². The van der Waals surface area contributed by atoms with Gasteiger partial charge in [0, 0.05) is 5.69 Å². The Morgan fingerprint density at radius 1 is 0.667 bits per heavy atom. The average Bonchev–Trinajstić information content (AvgIpc) is 2.59. The molecule has 0 fully saturated rings. The summed E-state index contributed by atoms with van der Waals surface area (Å²) < 4.78 is 0. The zero-order chi connectivity index (χ0) is 23.0. The maximum atomic E-state index is 11.5. The average molecular weight is 416 g/mol. The predicted molar refractivity (Wildman–Crippen MR) is 114 cm³/mol. The van der Waals surface area contributed by atoms with E-state index in [2.05, 4.69) is 5.32 Å². The van der Waals surface area contributed by atoms with Crippen LogP contribution in [0.3, 0.4) is 0 Å². The monoisotopic (exact) mass is 416 g/mol. The maximum Gasteiger partial charge on any atom is 0.306 e. The summed E-state index contributed by atoms with van der Waals surface area (Å²) >= 11 is 0. The number of rotatable bonds is 5. The van der Waals surface area contributed by atoms with Crippen LogP contribution in [0.2, 0.25) is 0 Å². The quantitative estimate of drug-likeness (QED) is 0.483. The Balaban J connectivity index is 2.77. The van der Waals surface area contributed by atoms with Crippen LogP contribution in [-0.2, 0) is 10.8 Å². The van der Waals surface area contributed by atoms with E-state index in [9.17, 15) is 30.3 Å². The Kier molecular flexibility index (Phi) is 5.83. The molecule has 0 heterocycles. The normalized spacial score (nSPS) is 11.8. The van der Waals surface area contributed by atoms with Gasteiger partial charge in [0.25, 0.3) is 5.69 Å². The highest BCUT2D eigenvalue weighted by atomic mass is 16.6. The molecule has 0 unspecified atom stereocenters. The number of anilines is 2. The van der Waals surface area contributed by atoms with Crippen molar-refractivity contribution in [2.24, 2.45) is 0 Å². The number of nitro benzene ring substituents is 3. The van der Waals surface area contributed by atoms with Gasteiger partial charge in [0.1, 0.15) is 0 Å². The number of hydrogen-bond donors (Lipinski definition) is 1. The van der Waals surface area contributed by atoms with Crippen molar-refractivity contribution in [2.75, 3.05) is 5.32 Å². The summed E-state index contributed by atoms with van der Waals surface area (Å²) in [5.74, 6) is 0. The number of benzene rings is 2. The van der Waals surface area contributed by atoms with Gasteiger partial charge in [-0.05, 0) is 34.1 Å². The molecule has 1 N–H and O–H groups in total. The fourth-order valence-electron chi connectivity index (χ4n) is 2.83. The molecule has 160 valence electrons. The van der Waals surface area contributed by atoms with Crippen LogP contribution in [0.25, 0.3) is 0 Å². The zero-order valence-electron chi connectivity index (χ0n) is 17.7. The van der Waals surface area contributed by atoms with E-state index in [1.165, 1.54) is 0 Å². The van der Waals surface area contributed by atoms with Gasteiger partial charge >= 0.3 is 11.4 Å². The molecule has 0 aliphatic heterocycles. The summed E-state index contributed by atoms with van der Waals surface area (Å²) in [6.07, 6.45) is 0. The Morgan fingerprint density at radius 2 is 1.07 bits per heavy atom. The molecule has 0 saturated carbocycles. The SMILES string of the molecule is CC(C)(C)c1cc(Nc2c([N+](=O)[O-])cc([N+](=O)[O-])cc2[N+](=O)[O-])cc(C(C)(C)C)c1. The molecule has 10 heteroatoms. The predicted octanol–water partition coefficient (Wildman–Crippen LogP) is 5.75.